The minimum Gasteiger partial charge on any atom is -0.488 e. The maximum Gasteiger partial charge on any atom is 0.171 e. The minimum atomic E-state index is 0.144. The molecule has 0 saturated heterocycles. The Morgan fingerprint density at radius 2 is 1.93 bits per heavy atom. The van der Waals surface area contributed by atoms with Crippen LogP contribution < -0.4 is 9.64 Å². The average Bonchev–Trinajstić information content (AvgIpc) is 3.19. The Balaban J connectivity index is 1.56. The maximum atomic E-state index is 9.09. The number of likely N-dealkylation sites (N-methyl/N-ethyl adjacent to an activating group) is 1. The van der Waals surface area contributed by atoms with E-state index in [1.165, 1.54) is 0 Å². The minimum absolute atomic E-state index is 0.144. The fourth-order valence-corrected chi connectivity index (χ4v) is 3.65. The fraction of sp³-hybridized carbons (Fsp3) is 0.217. The summed E-state index contributed by atoms with van der Waals surface area (Å²) in [4.78, 5) is 11.2. The van der Waals surface area contributed by atoms with E-state index in [0.29, 0.717) is 13.0 Å². The molecule has 146 valence electrons. The third kappa shape index (κ3) is 3.21. The molecule has 3 aromatic heterocycles. The number of pyridine rings is 2. The van der Waals surface area contributed by atoms with Crippen LogP contribution in [0.4, 0.5) is 5.82 Å². The predicted octanol–water partition coefficient (Wildman–Crippen LogP) is 3.92. The Bertz CT molecular complexity index is 1170. The van der Waals surface area contributed by atoms with Crippen LogP contribution in [0.5, 0.6) is 5.75 Å². The number of furan rings is 1. The summed E-state index contributed by atoms with van der Waals surface area (Å²) in [5, 5.41) is 9.09. The van der Waals surface area contributed by atoms with E-state index in [1.807, 2.05) is 55.7 Å². The molecule has 0 fully saturated rings. The summed E-state index contributed by atoms with van der Waals surface area (Å²) >= 11 is 0. The van der Waals surface area contributed by atoms with Gasteiger partial charge in [0.25, 0.3) is 0 Å². The van der Waals surface area contributed by atoms with Gasteiger partial charge in [-0.1, -0.05) is 24.3 Å². The van der Waals surface area contributed by atoms with Crippen molar-refractivity contribution in [2.24, 2.45) is 0 Å². The molecule has 0 aliphatic carbocycles. The second-order valence-corrected chi connectivity index (χ2v) is 7.17. The van der Waals surface area contributed by atoms with Gasteiger partial charge in [0.2, 0.25) is 0 Å². The maximum absolute atomic E-state index is 9.09. The third-order valence-corrected chi connectivity index (χ3v) is 5.24. The summed E-state index contributed by atoms with van der Waals surface area (Å²) in [5.74, 6) is 2.40. The largest absolute Gasteiger partial charge is 0.488 e. The molecule has 0 unspecified atom stereocenters. The average molecular weight is 387 g/mol. The normalized spacial score (nSPS) is 13.4. The molecule has 6 heteroatoms. The van der Waals surface area contributed by atoms with Gasteiger partial charge in [0.05, 0.1) is 6.54 Å². The second kappa shape index (κ2) is 7.22. The third-order valence-electron chi connectivity index (χ3n) is 5.24. The first-order valence-corrected chi connectivity index (χ1v) is 9.66. The number of rotatable bonds is 4. The molecule has 1 aliphatic rings. The first kappa shape index (κ1) is 17.7. The molecule has 6 nitrogen and oxygen atoms in total. The first-order valence-electron chi connectivity index (χ1n) is 9.66. The summed E-state index contributed by atoms with van der Waals surface area (Å²) in [6.07, 6.45) is 4.28. The van der Waals surface area contributed by atoms with Crippen LogP contribution in [0.1, 0.15) is 5.56 Å². The lowest BCUT2D eigenvalue weighted by Crippen LogP contribution is -2.29. The second-order valence-electron chi connectivity index (χ2n) is 7.17. The quantitative estimate of drug-likeness (QED) is 0.572. The Kier molecular flexibility index (Phi) is 4.41. The van der Waals surface area contributed by atoms with Gasteiger partial charge in [-0.2, -0.15) is 0 Å². The van der Waals surface area contributed by atoms with Gasteiger partial charge in [-0.05, 0) is 24.1 Å². The fourth-order valence-electron chi connectivity index (χ4n) is 3.65. The van der Waals surface area contributed by atoms with Gasteiger partial charge < -0.3 is 19.2 Å². The van der Waals surface area contributed by atoms with Gasteiger partial charge in [-0.3, -0.25) is 4.98 Å². The molecule has 1 N–H and O–H groups in total. The highest BCUT2D eigenvalue weighted by Crippen LogP contribution is 2.37. The van der Waals surface area contributed by atoms with Crippen LogP contribution in [0, 0.1) is 0 Å². The highest BCUT2D eigenvalue weighted by molar-refractivity contribution is 5.92. The molecule has 0 radical (unpaired) electrons. The van der Waals surface area contributed by atoms with Gasteiger partial charge in [0, 0.05) is 48.8 Å². The van der Waals surface area contributed by atoms with Crippen LogP contribution >= 0.6 is 0 Å². The van der Waals surface area contributed by atoms with Gasteiger partial charge >= 0.3 is 0 Å². The van der Waals surface area contributed by atoms with Crippen LogP contribution in [-0.2, 0) is 6.42 Å². The van der Waals surface area contributed by atoms with Crippen LogP contribution in [0.3, 0.4) is 0 Å². The Morgan fingerprint density at radius 3 is 2.76 bits per heavy atom. The van der Waals surface area contributed by atoms with Gasteiger partial charge in [-0.25, -0.2) is 4.98 Å². The number of aromatic nitrogens is 2. The number of aliphatic hydroxyl groups excluding tert-OH is 1. The van der Waals surface area contributed by atoms with E-state index in [4.69, 9.17) is 14.3 Å². The van der Waals surface area contributed by atoms with Crippen molar-refractivity contribution >= 4 is 16.9 Å². The number of benzene rings is 1. The molecule has 0 amide bonds. The van der Waals surface area contributed by atoms with Crippen LogP contribution in [0.15, 0.2) is 59.3 Å². The van der Waals surface area contributed by atoms with Crippen molar-refractivity contribution in [3.63, 3.8) is 0 Å². The summed E-state index contributed by atoms with van der Waals surface area (Å²) in [6.45, 7) is 1.63. The molecular formula is C23H21N3O3. The number of nitrogens with zero attached hydrogens (tertiary/aromatic N) is 3. The zero-order valence-electron chi connectivity index (χ0n) is 16.1. The molecule has 0 saturated carbocycles. The van der Waals surface area contributed by atoms with Crippen molar-refractivity contribution in [2.75, 3.05) is 31.7 Å². The molecule has 0 bridgehead atoms. The summed E-state index contributed by atoms with van der Waals surface area (Å²) < 4.78 is 12.0. The van der Waals surface area contributed by atoms with E-state index in [1.54, 1.807) is 6.20 Å². The van der Waals surface area contributed by atoms with E-state index in [2.05, 4.69) is 14.9 Å². The van der Waals surface area contributed by atoms with E-state index >= 15 is 0 Å². The van der Waals surface area contributed by atoms with Crippen LogP contribution in [-0.4, -0.2) is 41.9 Å². The van der Waals surface area contributed by atoms with Crippen molar-refractivity contribution in [1.29, 1.82) is 0 Å². The Hall–Kier alpha value is -3.38. The van der Waals surface area contributed by atoms with Crippen LogP contribution in [0.25, 0.3) is 33.6 Å². The van der Waals surface area contributed by atoms with E-state index in [0.717, 1.165) is 57.2 Å². The molecule has 29 heavy (non-hydrogen) atoms. The smallest absolute Gasteiger partial charge is 0.171 e. The number of aliphatic hydroxyl groups is 1. The molecule has 4 aromatic rings. The van der Waals surface area contributed by atoms with Gasteiger partial charge in [0.1, 0.15) is 17.9 Å². The van der Waals surface area contributed by atoms with Crippen molar-refractivity contribution in [1.82, 2.24) is 9.97 Å². The number of ether oxygens (including phenoxy) is 1. The zero-order chi connectivity index (χ0) is 19.8. The topological polar surface area (TPSA) is 71.6 Å². The highest BCUT2D eigenvalue weighted by Gasteiger charge is 2.19. The molecule has 0 spiro atoms. The van der Waals surface area contributed by atoms with Crippen molar-refractivity contribution < 1.29 is 14.3 Å². The van der Waals surface area contributed by atoms with E-state index in [-0.39, 0.29) is 6.61 Å². The Labute approximate surface area is 168 Å². The van der Waals surface area contributed by atoms with Crippen LogP contribution in [0.2, 0.25) is 0 Å². The summed E-state index contributed by atoms with van der Waals surface area (Å²) in [6, 6.07) is 13.9. The summed E-state index contributed by atoms with van der Waals surface area (Å²) in [7, 11) is 2.02. The van der Waals surface area contributed by atoms with Gasteiger partial charge in [0.15, 0.2) is 17.2 Å². The SMILES string of the molecule is CN1CCOc2cc(-c3ccnc4cc(-c5ccc(CCO)cc5)oc34)cnc21. The molecular weight excluding hydrogens is 366 g/mol. The van der Waals surface area contributed by atoms with Crippen molar-refractivity contribution in [3.8, 4) is 28.2 Å². The number of anilines is 1. The lowest BCUT2D eigenvalue weighted by atomic mass is 10.1. The van der Waals surface area contributed by atoms with Crippen molar-refractivity contribution in [2.45, 2.75) is 6.42 Å². The molecule has 1 aliphatic heterocycles. The number of fused-ring (bicyclic) bond motifs is 2. The molecule has 5 rings (SSSR count). The summed E-state index contributed by atoms with van der Waals surface area (Å²) in [5.41, 5.74) is 5.47. The van der Waals surface area contributed by atoms with Crippen molar-refractivity contribution in [3.05, 3.63) is 60.4 Å². The molecule has 4 heterocycles. The van der Waals surface area contributed by atoms with E-state index in [9.17, 15) is 0 Å². The molecule has 1 aromatic carbocycles. The first-order chi connectivity index (χ1) is 14.2. The predicted molar refractivity (Wildman–Crippen MR) is 112 cm³/mol. The molecule has 0 atom stereocenters. The lowest BCUT2D eigenvalue weighted by Gasteiger charge is -2.26. The van der Waals surface area contributed by atoms with Gasteiger partial charge in [-0.15, -0.1) is 0 Å². The Morgan fingerprint density at radius 1 is 1.07 bits per heavy atom. The standard InChI is InChI=1S/C23H21N3O3/c1-26-9-11-28-21-12-17(14-25-23(21)26)18-6-8-24-19-13-20(29-22(18)19)16-4-2-15(3-5-16)7-10-27/h2-6,8,12-14,27H,7,9-11H2,1H3. The monoisotopic (exact) mass is 387 g/mol. The number of hydrogen-bond acceptors (Lipinski definition) is 6. The highest BCUT2D eigenvalue weighted by atomic mass is 16.5. The number of hydrogen-bond donors (Lipinski definition) is 1. The lowest BCUT2D eigenvalue weighted by molar-refractivity contribution is 0.299. The van der Waals surface area contributed by atoms with E-state index < -0.39 is 0 Å². The zero-order valence-corrected chi connectivity index (χ0v) is 16.1.